The van der Waals surface area contributed by atoms with E-state index in [1.54, 1.807) is 4.57 Å². The average molecular weight is 196 g/mol. The summed E-state index contributed by atoms with van der Waals surface area (Å²) in [5, 5.41) is 12.2. The molecule has 0 saturated heterocycles. The van der Waals surface area contributed by atoms with Crippen molar-refractivity contribution in [3.8, 4) is 5.88 Å². The first-order chi connectivity index (χ1) is 6.79. The molecule has 0 bridgehead atoms. The molecule has 4 nitrogen and oxygen atoms in total. The molecule has 0 aliphatic carbocycles. The van der Waals surface area contributed by atoms with Gasteiger partial charge >= 0.3 is 0 Å². The minimum atomic E-state index is 0.121. The molecule has 0 unspecified atom stereocenters. The Balaban J connectivity index is 2.48. The number of aromatic hydroxyl groups is 1. The maximum atomic E-state index is 10.3. The molecule has 1 rings (SSSR count). The Hall–Kier alpha value is -1.32. The fourth-order valence-electron chi connectivity index (χ4n) is 1.45. The van der Waals surface area contributed by atoms with Gasteiger partial charge < -0.3 is 5.11 Å². The molecule has 1 N–H and O–H groups in total. The predicted molar refractivity (Wildman–Crippen MR) is 55.7 cm³/mol. The maximum Gasteiger partial charge on any atom is 0.192 e. The monoisotopic (exact) mass is 196 g/mol. The molecule has 4 heteroatoms. The molecule has 1 aromatic heterocycles. The third-order valence-corrected chi connectivity index (χ3v) is 2.26. The number of hydrogen-bond acceptors (Lipinski definition) is 3. The Bertz CT molecular complexity index is 294. The van der Waals surface area contributed by atoms with E-state index < -0.39 is 0 Å². The zero-order valence-electron chi connectivity index (χ0n) is 8.44. The number of rotatable bonds is 6. The predicted octanol–water partition coefficient (Wildman–Crippen LogP) is 3.17. The molecular formula is C10H16N2O2. The fourth-order valence-corrected chi connectivity index (χ4v) is 1.45. The second-order valence-electron chi connectivity index (χ2n) is 3.35. The molecule has 14 heavy (non-hydrogen) atoms. The van der Waals surface area contributed by atoms with Crippen molar-refractivity contribution in [1.82, 2.24) is 4.57 Å². The Morgan fingerprint density at radius 3 is 2.79 bits per heavy atom. The highest BCUT2D eigenvalue weighted by Gasteiger charge is 2.06. The summed E-state index contributed by atoms with van der Waals surface area (Å²) in [5.41, 5.74) is 0. The summed E-state index contributed by atoms with van der Waals surface area (Å²) >= 11 is 0. The average Bonchev–Trinajstić information content (AvgIpc) is 2.55. The molecular weight excluding hydrogens is 180 g/mol. The first kappa shape index (κ1) is 10.8. The quantitative estimate of drug-likeness (QED) is 0.561. The lowest BCUT2D eigenvalue weighted by Crippen LogP contribution is -1.96. The zero-order chi connectivity index (χ0) is 10.4. The molecule has 0 amide bonds. The standard InChI is InChI=1S/C10H16N2O2/c1-2-3-4-5-8-12-9(11-14)6-7-10(12)13/h6-7,13H,2-5,8H2,1H3. The second-order valence-corrected chi connectivity index (χ2v) is 3.35. The van der Waals surface area contributed by atoms with E-state index in [0.29, 0.717) is 12.4 Å². The first-order valence-corrected chi connectivity index (χ1v) is 5.01. The van der Waals surface area contributed by atoms with Gasteiger partial charge in [-0.3, -0.25) is 4.57 Å². The van der Waals surface area contributed by atoms with Gasteiger partial charge in [-0.15, -0.1) is 4.91 Å². The summed E-state index contributed by atoms with van der Waals surface area (Å²) in [6, 6.07) is 3.03. The van der Waals surface area contributed by atoms with Crippen molar-refractivity contribution in [3.05, 3.63) is 17.0 Å². The number of unbranched alkanes of at least 4 members (excludes halogenated alkanes) is 3. The van der Waals surface area contributed by atoms with Crippen LogP contribution in [0.5, 0.6) is 5.88 Å². The molecule has 1 heterocycles. The van der Waals surface area contributed by atoms with Gasteiger partial charge in [0.2, 0.25) is 0 Å². The number of nitroso groups, excluding NO2 is 1. The van der Waals surface area contributed by atoms with Crippen LogP contribution in [-0.4, -0.2) is 9.67 Å². The first-order valence-electron chi connectivity index (χ1n) is 5.01. The van der Waals surface area contributed by atoms with Crippen molar-refractivity contribution < 1.29 is 5.11 Å². The summed E-state index contributed by atoms with van der Waals surface area (Å²) in [7, 11) is 0. The van der Waals surface area contributed by atoms with Crippen molar-refractivity contribution in [1.29, 1.82) is 0 Å². The van der Waals surface area contributed by atoms with Crippen LogP contribution in [0.25, 0.3) is 0 Å². The van der Waals surface area contributed by atoms with Gasteiger partial charge in [-0.2, -0.15) is 0 Å². The minimum absolute atomic E-state index is 0.121. The summed E-state index contributed by atoms with van der Waals surface area (Å²) in [5.74, 6) is 0.426. The Labute approximate surface area is 83.5 Å². The highest BCUT2D eigenvalue weighted by atomic mass is 16.3. The molecule has 0 radical (unpaired) electrons. The van der Waals surface area contributed by atoms with E-state index in [4.69, 9.17) is 0 Å². The van der Waals surface area contributed by atoms with E-state index in [9.17, 15) is 10.0 Å². The molecule has 0 aliphatic rings. The SMILES string of the molecule is CCCCCCn1c(O)ccc1N=O. The Morgan fingerprint density at radius 2 is 2.14 bits per heavy atom. The van der Waals surface area contributed by atoms with E-state index in [1.807, 2.05) is 0 Å². The van der Waals surface area contributed by atoms with Crippen LogP contribution in [0.15, 0.2) is 17.3 Å². The van der Waals surface area contributed by atoms with Gasteiger partial charge in [-0.25, -0.2) is 0 Å². The number of aromatic nitrogens is 1. The van der Waals surface area contributed by atoms with Gasteiger partial charge in [0.15, 0.2) is 11.7 Å². The van der Waals surface area contributed by atoms with Crippen LogP contribution in [-0.2, 0) is 6.54 Å². The highest BCUT2D eigenvalue weighted by molar-refractivity contribution is 5.35. The Kier molecular flexibility index (Phi) is 4.16. The van der Waals surface area contributed by atoms with Crippen LogP contribution in [0.1, 0.15) is 32.6 Å². The fraction of sp³-hybridized carbons (Fsp3) is 0.600. The summed E-state index contributed by atoms with van der Waals surface area (Å²) < 4.78 is 1.54. The summed E-state index contributed by atoms with van der Waals surface area (Å²) in [6.45, 7) is 2.81. The normalized spacial score (nSPS) is 10.4. The van der Waals surface area contributed by atoms with Gasteiger partial charge in [0.1, 0.15) is 0 Å². The van der Waals surface area contributed by atoms with Crippen molar-refractivity contribution in [2.75, 3.05) is 0 Å². The van der Waals surface area contributed by atoms with E-state index in [1.165, 1.54) is 25.0 Å². The van der Waals surface area contributed by atoms with E-state index in [-0.39, 0.29) is 5.88 Å². The van der Waals surface area contributed by atoms with E-state index in [0.717, 1.165) is 12.8 Å². The van der Waals surface area contributed by atoms with Crippen LogP contribution < -0.4 is 0 Å². The van der Waals surface area contributed by atoms with E-state index in [2.05, 4.69) is 12.1 Å². The second kappa shape index (κ2) is 5.42. The molecule has 0 spiro atoms. The molecule has 78 valence electrons. The van der Waals surface area contributed by atoms with Crippen molar-refractivity contribution in [2.45, 2.75) is 39.2 Å². The largest absolute Gasteiger partial charge is 0.494 e. The van der Waals surface area contributed by atoms with Gasteiger partial charge in [0.05, 0.1) is 0 Å². The van der Waals surface area contributed by atoms with E-state index >= 15 is 0 Å². The third-order valence-electron chi connectivity index (χ3n) is 2.26. The lowest BCUT2D eigenvalue weighted by Gasteiger charge is -2.05. The van der Waals surface area contributed by atoms with Crippen LogP contribution in [0.2, 0.25) is 0 Å². The van der Waals surface area contributed by atoms with Crippen LogP contribution in [0.3, 0.4) is 0 Å². The van der Waals surface area contributed by atoms with Gasteiger partial charge in [-0.1, -0.05) is 26.2 Å². The molecule has 0 aromatic carbocycles. The summed E-state index contributed by atoms with van der Waals surface area (Å²) in [4.78, 5) is 10.3. The molecule has 0 aliphatic heterocycles. The van der Waals surface area contributed by atoms with Crippen LogP contribution in [0, 0.1) is 4.91 Å². The number of nitrogens with zero attached hydrogens (tertiary/aromatic N) is 2. The van der Waals surface area contributed by atoms with Crippen molar-refractivity contribution >= 4 is 5.82 Å². The topological polar surface area (TPSA) is 54.6 Å². The molecule has 0 atom stereocenters. The highest BCUT2D eigenvalue weighted by Crippen LogP contribution is 2.23. The van der Waals surface area contributed by atoms with Gasteiger partial charge in [0, 0.05) is 12.6 Å². The Morgan fingerprint density at radius 1 is 1.36 bits per heavy atom. The van der Waals surface area contributed by atoms with Crippen molar-refractivity contribution in [2.24, 2.45) is 5.18 Å². The molecule has 0 fully saturated rings. The smallest absolute Gasteiger partial charge is 0.192 e. The minimum Gasteiger partial charge on any atom is -0.494 e. The van der Waals surface area contributed by atoms with Crippen molar-refractivity contribution in [3.63, 3.8) is 0 Å². The molecule has 1 aromatic rings. The number of hydrogen-bond donors (Lipinski definition) is 1. The third kappa shape index (κ3) is 2.58. The molecule has 0 saturated carbocycles. The zero-order valence-corrected chi connectivity index (χ0v) is 8.44. The van der Waals surface area contributed by atoms with Crippen LogP contribution in [0.4, 0.5) is 5.82 Å². The van der Waals surface area contributed by atoms with Gasteiger partial charge in [-0.05, 0) is 17.7 Å². The maximum absolute atomic E-state index is 10.3. The lowest BCUT2D eigenvalue weighted by molar-refractivity contribution is 0.411. The summed E-state index contributed by atoms with van der Waals surface area (Å²) in [6.07, 6.45) is 4.45. The lowest BCUT2D eigenvalue weighted by atomic mass is 10.2. The van der Waals surface area contributed by atoms with Crippen LogP contribution >= 0.6 is 0 Å². The van der Waals surface area contributed by atoms with Gasteiger partial charge in [0.25, 0.3) is 0 Å².